The number of amides is 3. The van der Waals surface area contributed by atoms with Crippen LogP contribution in [-0.4, -0.2) is 29.8 Å². The first-order valence-corrected chi connectivity index (χ1v) is 5.87. The molecule has 0 spiro atoms. The van der Waals surface area contributed by atoms with Gasteiger partial charge in [0.1, 0.15) is 6.04 Å². The first-order chi connectivity index (χ1) is 8.23. The van der Waals surface area contributed by atoms with E-state index in [-0.39, 0.29) is 24.7 Å². The van der Waals surface area contributed by atoms with Crippen molar-refractivity contribution < 1.29 is 14.4 Å². The molecular formula is C11H22N4O3. The highest BCUT2D eigenvalue weighted by Gasteiger charge is 2.20. The molecule has 2 unspecified atom stereocenters. The van der Waals surface area contributed by atoms with Crippen molar-refractivity contribution in [3.63, 3.8) is 0 Å². The van der Waals surface area contributed by atoms with E-state index in [0.29, 0.717) is 6.42 Å². The molecule has 7 nitrogen and oxygen atoms in total. The van der Waals surface area contributed by atoms with Gasteiger partial charge in [-0.15, -0.1) is 0 Å². The van der Waals surface area contributed by atoms with Crippen molar-refractivity contribution in [2.45, 2.75) is 45.2 Å². The van der Waals surface area contributed by atoms with Crippen molar-refractivity contribution in [2.24, 2.45) is 23.1 Å². The van der Waals surface area contributed by atoms with Gasteiger partial charge in [0.25, 0.3) is 0 Å². The Morgan fingerprint density at radius 2 is 1.67 bits per heavy atom. The number of rotatable bonds is 8. The molecule has 7 N–H and O–H groups in total. The number of carbonyl (C=O) groups excluding carboxylic acids is 3. The Morgan fingerprint density at radius 3 is 2.06 bits per heavy atom. The molecule has 7 heteroatoms. The fraction of sp³-hybridized carbons (Fsp3) is 0.727. The van der Waals surface area contributed by atoms with Gasteiger partial charge in [0.2, 0.25) is 17.7 Å². The Bertz CT molecular complexity index is 317. The first-order valence-electron chi connectivity index (χ1n) is 5.87. The summed E-state index contributed by atoms with van der Waals surface area (Å²) < 4.78 is 0. The lowest BCUT2D eigenvalue weighted by Gasteiger charge is -2.17. The summed E-state index contributed by atoms with van der Waals surface area (Å²) in [5.74, 6) is -1.36. The number of nitrogens with one attached hydrogen (secondary N) is 1. The van der Waals surface area contributed by atoms with Gasteiger partial charge in [-0.3, -0.25) is 14.4 Å². The van der Waals surface area contributed by atoms with Crippen molar-refractivity contribution in [1.82, 2.24) is 5.32 Å². The van der Waals surface area contributed by atoms with E-state index >= 15 is 0 Å². The predicted molar refractivity (Wildman–Crippen MR) is 67.0 cm³/mol. The van der Waals surface area contributed by atoms with Crippen molar-refractivity contribution >= 4 is 17.7 Å². The minimum absolute atomic E-state index is 0.0337. The van der Waals surface area contributed by atoms with Crippen molar-refractivity contribution in [1.29, 1.82) is 0 Å². The predicted octanol–water partition coefficient (Wildman–Crippen LogP) is -1.40. The van der Waals surface area contributed by atoms with Gasteiger partial charge in [-0.2, -0.15) is 0 Å². The normalized spacial score (nSPS) is 14.0. The van der Waals surface area contributed by atoms with Crippen LogP contribution >= 0.6 is 0 Å². The molecule has 0 saturated carbocycles. The maximum atomic E-state index is 11.5. The summed E-state index contributed by atoms with van der Waals surface area (Å²) in [6.45, 7) is 3.84. The summed E-state index contributed by atoms with van der Waals surface area (Å²) in [6, 6.07) is -1.55. The Labute approximate surface area is 106 Å². The second kappa shape index (κ2) is 7.65. The van der Waals surface area contributed by atoms with Crippen LogP contribution in [0.4, 0.5) is 0 Å². The average molecular weight is 258 g/mol. The highest BCUT2D eigenvalue weighted by molar-refractivity contribution is 5.87. The molecule has 18 heavy (non-hydrogen) atoms. The van der Waals surface area contributed by atoms with Crippen LogP contribution in [0.5, 0.6) is 0 Å². The van der Waals surface area contributed by atoms with Crippen LogP contribution in [0.2, 0.25) is 0 Å². The van der Waals surface area contributed by atoms with E-state index in [1.165, 1.54) is 0 Å². The summed E-state index contributed by atoms with van der Waals surface area (Å²) in [5.41, 5.74) is 15.5. The zero-order chi connectivity index (χ0) is 14.3. The standard InChI is InChI=1S/C11H22N4O3/c1-6(2)5-8(11(14)18)15-9(16)4-3-7(12)10(13)17/h6-8H,3-5,12H2,1-2H3,(H2,13,17)(H2,14,18)(H,15,16). The third-order valence-electron chi connectivity index (χ3n) is 2.43. The van der Waals surface area contributed by atoms with Gasteiger partial charge in [-0.25, -0.2) is 0 Å². The fourth-order valence-corrected chi connectivity index (χ4v) is 1.41. The molecule has 3 amide bonds. The van der Waals surface area contributed by atoms with E-state index in [2.05, 4.69) is 5.32 Å². The minimum Gasteiger partial charge on any atom is -0.368 e. The van der Waals surface area contributed by atoms with Crippen LogP contribution in [-0.2, 0) is 14.4 Å². The third kappa shape index (κ3) is 6.85. The molecule has 0 aromatic heterocycles. The third-order valence-corrected chi connectivity index (χ3v) is 2.43. The molecule has 0 aliphatic rings. The highest BCUT2D eigenvalue weighted by Crippen LogP contribution is 2.05. The molecule has 0 bridgehead atoms. The highest BCUT2D eigenvalue weighted by atomic mass is 16.2. The molecule has 0 radical (unpaired) electrons. The molecule has 0 rings (SSSR count). The van der Waals surface area contributed by atoms with E-state index in [9.17, 15) is 14.4 Å². The van der Waals surface area contributed by atoms with E-state index < -0.39 is 23.9 Å². The lowest BCUT2D eigenvalue weighted by molar-refractivity contribution is -0.128. The Kier molecular flexibility index (Phi) is 6.96. The Hall–Kier alpha value is -1.63. The van der Waals surface area contributed by atoms with Gasteiger partial charge in [0.15, 0.2) is 0 Å². The number of hydrogen-bond donors (Lipinski definition) is 4. The number of carbonyl (C=O) groups is 3. The van der Waals surface area contributed by atoms with Crippen LogP contribution in [0.25, 0.3) is 0 Å². The minimum atomic E-state index is -0.854. The number of hydrogen-bond acceptors (Lipinski definition) is 4. The molecular weight excluding hydrogens is 236 g/mol. The van der Waals surface area contributed by atoms with Gasteiger partial charge in [0.05, 0.1) is 6.04 Å². The molecule has 0 aliphatic heterocycles. The lowest BCUT2D eigenvalue weighted by Crippen LogP contribution is -2.46. The van der Waals surface area contributed by atoms with Crippen LogP contribution in [0, 0.1) is 5.92 Å². The first kappa shape index (κ1) is 16.4. The summed E-state index contributed by atoms with van der Waals surface area (Å²) >= 11 is 0. The van der Waals surface area contributed by atoms with Crippen molar-refractivity contribution in [3.8, 4) is 0 Å². The lowest BCUT2D eigenvalue weighted by atomic mass is 10.0. The average Bonchev–Trinajstić information content (AvgIpc) is 2.23. The quantitative estimate of drug-likeness (QED) is 0.424. The summed E-state index contributed by atoms with van der Waals surface area (Å²) in [6.07, 6.45) is 0.656. The molecule has 0 heterocycles. The smallest absolute Gasteiger partial charge is 0.240 e. The number of primary amides is 2. The van der Waals surface area contributed by atoms with Crippen molar-refractivity contribution in [2.75, 3.05) is 0 Å². The van der Waals surface area contributed by atoms with Gasteiger partial charge in [0, 0.05) is 6.42 Å². The summed E-state index contributed by atoms with van der Waals surface area (Å²) in [4.78, 5) is 33.3. The Balaban J connectivity index is 4.18. The van der Waals surface area contributed by atoms with Crippen LogP contribution in [0.3, 0.4) is 0 Å². The van der Waals surface area contributed by atoms with Crippen LogP contribution in [0.15, 0.2) is 0 Å². The molecule has 0 aliphatic carbocycles. The molecule has 0 saturated heterocycles. The SMILES string of the molecule is CC(C)CC(NC(=O)CCC(N)C(N)=O)C(N)=O. The Morgan fingerprint density at radius 1 is 1.11 bits per heavy atom. The van der Waals surface area contributed by atoms with Gasteiger partial charge in [-0.05, 0) is 18.8 Å². The van der Waals surface area contributed by atoms with Gasteiger partial charge >= 0.3 is 0 Å². The largest absolute Gasteiger partial charge is 0.368 e. The fourth-order valence-electron chi connectivity index (χ4n) is 1.41. The zero-order valence-corrected chi connectivity index (χ0v) is 10.8. The van der Waals surface area contributed by atoms with Crippen LogP contribution < -0.4 is 22.5 Å². The van der Waals surface area contributed by atoms with E-state index in [1.807, 2.05) is 13.8 Å². The van der Waals surface area contributed by atoms with Crippen molar-refractivity contribution in [3.05, 3.63) is 0 Å². The zero-order valence-electron chi connectivity index (χ0n) is 10.8. The molecule has 0 aromatic rings. The van der Waals surface area contributed by atoms with Gasteiger partial charge < -0.3 is 22.5 Å². The van der Waals surface area contributed by atoms with E-state index in [0.717, 1.165) is 0 Å². The molecule has 2 atom stereocenters. The molecule has 0 aromatic carbocycles. The maximum absolute atomic E-state index is 11.5. The second-order valence-corrected chi connectivity index (χ2v) is 4.70. The number of nitrogens with two attached hydrogens (primary N) is 3. The molecule has 0 fully saturated rings. The topological polar surface area (TPSA) is 141 Å². The monoisotopic (exact) mass is 258 g/mol. The summed E-state index contributed by atoms with van der Waals surface area (Å²) in [5, 5.41) is 2.52. The maximum Gasteiger partial charge on any atom is 0.240 e. The summed E-state index contributed by atoms with van der Waals surface area (Å²) in [7, 11) is 0. The van der Waals surface area contributed by atoms with E-state index in [1.54, 1.807) is 0 Å². The second-order valence-electron chi connectivity index (χ2n) is 4.70. The van der Waals surface area contributed by atoms with E-state index in [4.69, 9.17) is 17.2 Å². The molecule has 104 valence electrons. The van der Waals surface area contributed by atoms with Crippen LogP contribution in [0.1, 0.15) is 33.1 Å². The van der Waals surface area contributed by atoms with Gasteiger partial charge in [-0.1, -0.05) is 13.8 Å².